The van der Waals surface area contributed by atoms with Crippen LogP contribution in [0, 0.1) is 12.3 Å². The lowest BCUT2D eigenvalue weighted by Crippen LogP contribution is -2.34. The van der Waals surface area contributed by atoms with E-state index in [0.717, 1.165) is 28.9 Å². The fourth-order valence-electron chi connectivity index (χ4n) is 1.90. The van der Waals surface area contributed by atoms with Crippen LogP contribution in [0.15, 0.2) is 16.7 Å². The van der Waals surface area contributed by atoms with Crippen molar-refractivity contribution in [2.24, 2.45) is 5.41 Å². The van der Waals surface area contributed by atoms with E-state index in [1.165, 1.54) is 0 Å². The molecule has 96 valence electrons. The average Bonchev–Trinajstić information content (AvgIpc) is 2.14. The van der Waals surface area contributed by atoms with Crippen LogP contribution in [-0.2, 0) is 0 Å². The molecule has 0 atom stereocenters. The smallest absolute Gasteiger partial charge is 0.140 e. The maximum absolute atomic E-state index is 4.39. The first-order valence-corrected chi connectivity index (χ1v) is 6.60. The molecule has 0 radical (unpaired) electrons. The van der Waals surface area contributed by atoms with E-state index in [2.05, 4.69) is 65.1 Å². The molecule has 0 aliphatic heterocycles. The van der Waals surface area contributed by atoms with E-state index < -0.39 is 0 Å². The Hall–Kier alpha value is -0.610. The molecule has 1 N–H and O–H groups in total. The average molecular weight is 300 g/mol. The number of nitrogens with one attached hydrogen (secondary N) is 1. The Morgan fingerprint density at radius 3 is 2.59 bits per heavy atom. The number of rotatable bonds is 5. The number of anilines is 1. The first kappa shape index (κ1) is 14.5. The summed E-state index contributed by atoms with van der Waals surface area (Å²) < 4.78 is 1.03. The van der Waals surface area contributed by atoms with Gasteiger partial charge in [0.2, 0.25) is 0 Å². The highest BCUT2D eigenvalue weighted by molar-refractivity contribution is 9.10. The van der Waals surface area contributed by atoms with Crippen molar-refractivity contribution in [3.05, 3.63) is 22.3 Å². The van der Waals surface area contributed by atoms with Crippen LogP contribution in [0.5, 0.6) is 0 Å². The predicted molar refractivity (Wildman–Crippen MR) is 77.5 cm³/mol. The summed E-state index contributed by atoms with van der Waals surface area (Å²) in [5, 5.41) is 3.40. The summed E-state index contributed by atoms with van der Waals surface area (Å²) >= 11 is 3.53. The monoisotopic (exact) mass is 299 g/mol. The molecular weight excluding hydrogens is 278 g/mol. The number of pyridine rings is 1. The largest absolute Gasteiger partial charge is 0.369 e. The van der Waals surface area contributed by atoms with Gasteiger partial charge in [-0.3, -0.25) is 0 Å². The molecular formula is C13H22BrN3. The zero-order valence-corrected chi connectivity index (χ0v) is 12.9. The molecule has 4 heteroatoms. The summed E-state index contributed by atoms with van der Waals surface area (Å²) in [5.41, 5.74) is 1.38. The van der Waals surface area contributed by atoms with Crippen molar-refractivity contribution in [1.82, 2.24) is 9.88 Å². The minimum atomic E-state index is 0.218. The molecule has 0 amide bonds. The Balaban J connectivity index is 2.61. The lowest BCUT2D eigenvalue weighted by molar-refractivity contribution is 0.254. The van der Waals surface area contributed by atoms with E-state index in [1.54, 1.807) is 0 Å². The molecule has 17 heavy (non-hydrogen) atoms. The van der Waals surface area contributed by atoms with Gasteiger partial charge in [0, 0.05) is 19.3 Å². The fraction of sp³-hybridized carbons (Fsp3) is 0.615. The van der Waals surface area contributed by atoms with E-state index in [0.29, 0.717) is 0 Å². The van der Waals surface area contributed by atoms with Gasteiger partial charge in [-0.15, -0.1) is 0 Å². The summed E-state index contributed by atoms with van der Waals surface area (Å²) in [6, 6.07) is 2.08. The van der Waals surface area contributed by atoms with E-state index in [-0.39, 0.29) is 5.41 Å². The first-order chi connectivity index (χ1) is 7.80. The molecule has 1 aromatic rings. The van der Waals surface area contributed by atoms with Gasteiger partial charge in [0.15, 0.2) is 0 Å². The second kappa shape index (κ2) is 5.83. The SMILES string of the molecule is Cc1cnc(NCC(C)(C)CN(C)C)c(Br)c1. The van der Waals surface area contributed by atoms with Crippen LogP contribution in [0.4, 0.5) is 5.82 Å². The van der Waals surface area contributed by atoms with Gasteiger partial charge >= 0.3 is 0 Å². The number of aryl methyl sites for hydroxylation is 1. The van der Waals surface area contributed by atoms with Crippen molar-refractivity contribution in [1.29, 1.82) is 0 Å². The molecule has 0 saturated heterocycles. The van der Waals surface area contributed by atoms with Gasteiger partial charge in [0.25, 0.3) is 0 Å². The second-order valence-electron chi connectivity index (χ2n) is 5.60. The molecule has 0 aliphatic carbocycles. The highest BCUT2D eigenvalue weighted by atomic mass is 79.9. The summed E-state index contributed by atoms with van der Waals surface area (Å²) in [5.74, 6) is 0.919. The second-order valence-corrected chi connectivity index (χ2v) is 6.45. The highest BCUT2D eigenvalue weighted by Crippen LogP contribution is 2.23. The Kier molecular flexibility index (Phi) is 4.95. The molecule has 0 fully saturated rings. The lowest BCUT2D eigenvalue weighted by Gasteiger charge is -2.28. The molecule has 0 aromatic carbocycles. The Labute approximate surface area is 113 Å². The van der Waals surface area contributed by atoms with Crippen LogP contribution in [0.2, 0.25) is 0 Å². The van der Waals surface area contributed by atoms with Gasteiger partial charge in [-0.2, -0.15) is 0 Å². The third-order valence-corrected chi connectivity index (χ3v) is 3.06. The summed E-state index contributed by atoms with van der Waals surface area (Å²) in [6.07, 6.45) is 1.88. The topological polar surface area (TPSA) is 28.2 Å². The molecule has 3 nitrogen and oxygen atoms in total. The van der Waals surface area contributed by atoms with Crippen LogP contribution in [0.25, 0.3) is 0 Å². The molecule has 1 rings (SSSR count). The van der Waals surface area contributed by atoms with Crippen LogP contribution < -0.4 is 5.32 Å². The number of aromatic nitrogens is 1. The van der Waals surface area contributed by atoms with E-state index in [1.807, 2.05) is 13.1 Å². The van der Waals surface area contributed by atoms with Gasteiger partial charge in [-0.25, -0.2) is 4.98 Å². The van der Waals surface area contributed by atoms with Crippen LogP contribution in [-0.4, -0.2) is 37.1 Å². The van der Waals surface area contributed by atoms with Crippen molar-refractivity contribution in [2.45, 2.75) is 20.8 Å². The fourth-order valence-corrected chi connectivity index (χ4v) is 2.50. The van der Waals surface area contributed by atoms with Gasteiger partial charge in [-0.1, -0.05) is 13.8 Å². The van der Waals surface area contributed by atoms with E-state index in [4.69, 9.17) is 0 Å². The first-order valence-electron chi connectivity index (χ1n) is 5.81. The van der Waals surface area contributed by atoms with Gasteiger partial charge in [0.1, 0.15) is 5.82 Å². The van der Waals surface area contributed by atoms with Gasteiger partial charge in [-0.05, 0) is 54.0 Å². The number of nitrogens with zero attached hydrogens (tertiary/aromatic N) is 2. The highest BCUT2D eigenvalue weighted by Gasteiger charge is 2.19. The molecule has 1 aromatic heterocycles. The van der Waals surface area contributed by atoms with Crippen LogP contribution in [0.1, 0.15) is 19.4 Å². The lowest BCUT2D eigenvalue weighted by atomic mass is 9.93. The maximum Gasteiger partial charge on any atom is 0.140 e. The van der Waals surface area contributed by atoms with Crippen LogP contribution in [0.3, 0.4) is 0 Å². The third-order valence-electron chi connectivity index (χ3n) is 2.46. The normalized spacial score (nSPS) is 11.9. The van der Waals surface area contributed by atoms with E-state index in [9.17, 15) is 0 Å². The van der Waals surface area contributed by atoms with Gasteiger partial charge < -0.3 is 10.2 Å². The number of halogens is 1. The summed E-state index contributed by atoms with van der Waals surface area (Å²) in [4.78, 5) is 6.60. The van der Waals surface area contributed by atoms with Gasteiger partial charge in [0.05, 0.1) is 4.47 Å². The Morgan fingerprint density at radius 1 is 1.41 bits per heavy atom. The summed E-state index contributed by atoms with van der Waals surface area (Å²) in [7, 11) is 4.20. The zero-order chi connectivity index (χ0) is 13.1. The predicted octanol–water partition coefficient (Wildman–Crippen LogP) is 3.15. The minimum Gasteiger partial charge on any atom is -0.369 e. The van der Waals surface area contributed by atoms with Crippen molar-refractivity contribution in [3.8, 4) is 0 Å². The van der Waals surface area contributed by atoms with Crippen molar-refractivity contribution >= 4 is 21.7 Å². The minimum absolute atomic E-state index is 0.218. The maximum atomic E-state index is 4.39. The van der Waals surface area contributed by atoms with Crippen LogP contribution >= 0.6 is 15.9 Å². The molecule has 0 aliphatic rings. The molecule has 0 unspecified atom stereocenters. The molecule has 0 spiro atoms. The summed E-state index contributed by atoms with van der Waals surface area (Å²) in [6.45, 7) is 8.49. The Bertz CT molecular complexity index is 375. The zero-order valence-electron chi connectivity index (χ0n) is 11.3. The molecule has 0 bridgehead atoms. The third kappa shape index (κ3) is 5.04. The van der Waals surface area contributed by atoms with Crippen molar-refractivity contribution < 1.29 is 0 Å². The molecule has 1 heterocycles. The molecule has 0 saturated carbocycles. The van der Waals surface area contributed by atoms with Crippen molar-refractivity contribution in [3.63, 3.8) is 0 Å². The van der Waals surface area contributed by atoms with Crippen molar-refractivity contribution in [2.75, 3.05) is 32.5 Å². The van der Waals surface area contributed by atoms with E-state index >= 15 is 0 Å². The number of hydrogen-bond acceptors (Lipinski definition) is 3. The quantitative estimate of drug-likeness (QED) is 0.905. The Morgan fingerprint density at radius 2 is 2.06 bits per heavy atom. The number of hydrogen-bond donors (Lipinski definition) is 1. The standard InChI is InChI=1S/C13H22BrN3/c1-10-6-11(14)12(15-7-10)16-8-13(2,3)9-17(4)5/h6-7H,8-9H2,1-5H3,(H,15,16).